The molecule has 0 nitrogen and oxygen atoms in total. The van der Waals surface area contributed by atoms with Crippen LogP contribution in [0.4, 0.5) is 0 Å². The molecule has 0 aliphatic carbocycles. The molecule has 0 spiro atoms. The van der Waals surface area contributed by atoms with Gasteiger partial charge < -0.3 is 0 Å². The maximum Gasteiger partial charge on any atom is 0.0196 e. The van der Waals surface area contributed by atoms with E-state index in [4.69, 9.17) is 0 Å². The van der Waals surface area contributed by atoms with Gasteiger partial charge in [-0.2, -0.15) is 0 Å². The summed E-state index contributed by atoms with van der Waals surface area (Å²) >= 11 is 3.99. The van der Waals surface area contributed by atoms with Gasteiger partial charge in [0, 0.05) is 19.6 Å². The summed E-state index contributed by atoms with van der Waals surface area (Å²) in [4.78, 5) is 5.81. The van der Waals surface area contributed by atoms with E-state index in [2.05, 4.69) is 114 Å². The van der Waals surface area contributed by atoms with E-state index >= 15 is 0 Å². The van der Waals surface area contributed by atoms with Crippen LogP contribution in [0.15, 0.2) is 92.4 Å². The van der Waals surface area contributed by atoms with Crippen LogP contribution in [0.3, 0.4) is 0 Å². The SMILES string of the molecule is CCCCCCCc1c(CCCCCCC)c2cc3c(C)c4c(c(C)c3cc2c2cc3c(C)c5c(c(C)c3cc12)Cc1ccccc1S5)Sc1ccccc1C4. The van der Waals surface area contributed by atoms with Crippen molar-refractivity contribution in [2.75, 3.05) is 0 Å². The molecule has 2 heteroatoms. The zero-order valence-corrected chi connectivity index (χ0v) is 36.3. The Morgan fingerprint density at radius 2 is 0.786 bits per heavy atom. The first-order chi connectivity index (χ1) is 27.4. The van der Waals surface area contributed by atoms with Crippen molar-refractivity contribution in [1.29, 1.82) is 0 Å². The molecule has 0 amide bonds. The first kappa shape index (κ1) is 37.8. The molecule has 0 atom stereocenters. The minimum absolute atomic E-state index is 1.03. The average molecular weight is 771 g/mol. The summed E-state index contributed by atoms with van der Waals surface area (Å²) in [5.74, 6) is 0. The van der Waals surface area contributed by atoms with Crippen LogP contribution < -0.4 is 0 Å². The van der Waals surface area contributed by atoms with E-state index < -0.39 is 0 Å². The van der Waals surface area contributed by atoms with Gasteiger partial charge in [0.1, 0.15) is 0 Å². The van der Waals surface area contributed by atoms with Crippen LogP contribution in [0.5, 0.6) is 0 Å². The fourth-order valence-corrected chi connectivity index (χ4v) is 12.8. The van der Waals surface area contributed by atoms with Gasteiger partial charge in [-0.1, -0.05) is 125 Å². The lowest BCUT2D eigenvalue weighted by Gasteiger charge is -2.27. The smallest absolute Gasteiger partial charge is 0.0196 e. The second-order valence-corrected chi connectivity index (χ2v) is 19.2. The minimum atomic E-state index is 1.03. The number of fused-ring (bicyclic) bond motifs is 9. The van der Waals surface area contributed by atoms with Gasteiger partial charge in [0.2, 0.25) is 0 Å². The number of benzene rings is 7. The lowest BCUT2D eigenvalue weighted by Crippen LogP contribution is -2.06. The van der Waals surface area contributed by atoms with Crippen LogP contribution in [-0.4, -0.2) is 0 Å². The molecule has 9 rings (SSSR count). The Bertz CT molecular complexity index is 2470. The van der Waals surface area contributed by atoms with Crippen LogP contribution in [0.25, 0.3) is 43.1 Å². The topological polar surface area (TPSA) is 0 Å². The van der Waals surface area contributed by atoms with Crippen molar-refractivity contribution in [1.82, 2.24) is 0 Å². The molecular formula is C54H58S2. The molecule has 2 aliphatic heterocycles. The summed E-state index contributed by atoms with van der Waals surface area (Å²) in [5, 5.41) is 11.8. The lowest BCUT2D eigenvalue weighted by molar-refractivity contribution is 0.623. The Labute approximate surface area is 344 Å². The number of rotatable bonds is 12. The summed E-state index contributed by atoms with van der Waals surface area (Å²) in [7, 11) is 0. The molecule has 0 unspecified atom stereocenters. The van der Waals surface area contributed by atoms with Crippen LogP contribution in [-0.2, 0) is 25.7 Å². The zero-order valence-electron chi connectivity index (χ0n) is 34.6. The number of hydrogen-bond donors (Lipinski definition) is 0. The van der Waals surface area contributed by atoms with Crippen molar-refractivity contribution >= 4 is 66.6 Å². The quantitative estimate of drug-likeness (QED) is 0.0689. The van der Waals surface area contributed by atoms with Gasteiger partial charge in [-0.3, -0.25) is 0 Å². The summed E-state index contributed by atoms with van der Waals surface area (Å²) in [6.45, 7) is 14.3. The van der Waals surface area contributed by atoms with E-state index in [0.717, 1.165) is 12.8 Å². The maximum absolute atomic E-state index is 2.67. The molecule has 0 aromatic heterocycles. The molecule has 0 bridgehead atoms. The van der Waals surface area contributed by atoms with Gasteiger partial charge in [-0.25, -0.2) is 0 Å². The van der Waals surface area contributed by atoms with Crippen LogP contribution >= 0.6 is 23.5 Å². The van der Waals surface area contributed by atoms with Crippen molar-refractivity contribution in [2.45, 2.75) is 151 Å². The zero-order chi connectivity index (χ0) is 38.5. The van der Waals surface area contributed by atoms with Crippen molar-refractivity contribution < 1.29 is 0 Å². The Morgan fingerprint density at radius 3 is 1.21 bits per heavy atom. The lowest BCUT2D eigenvalue weighted by atomic mass is 9.82. The second-order valence-electron chi connectivity index (χ2n) is 17.1. The Balaban J connectivity index is 1.32. The van der Waals surface area contributed by atoms with E-state index in [-0.39, 0.29) is 0 Å². The summed E-state index contributed by atoms with van der Waals surface area (Å²) in [6, 6.07) is 28.7. The molecular weight excluding hydrogens is 713 g/mol. The first-order valence-electron chi connectivity index (χ1n) is 21.8. The third-order valence-electron chi connectivity index (χ3n) is 13.5. The van der Waals surface area contributed by atoms with Gasteiger partial charge in [-0.15, -0.1) is 0 Å². The molecule has 0 fully saturated rings. The molecule has 0 N–H and O–H groups in total. The second kappa shape index (κ2) is 15.9. The van der Waals surface area contributed by atoms with Crippen LogP contribution in [0, 0.1) is 27.7 Å². The Hall–Kier alpha value is -3.72. The minimum Gasteiger partial charge on any atom is -0.0892 e. The van der Waals surface area contributed by atoms with Crippen molar-refractivity contribution in [3.8, 4) is 0 Å². The van der Waals surface area contributed by atoms with Crippen LogP contribution in [0.2, 0.25) is 0 Å². The van der Waals surface area contributed by atoms with E-state index in [0.29, 0.717) is 0 Å². The van der Waals surface area contributed by atoms with Crippen molar-refractivity contribution in [3.05, 3.63) is 128 Å². The molecule has 0 saturated carbocycles. The molecule has 286 valence electrons. The van der Waals surface area contributed by atoms with E-state index in [1.807, 2.05) is 23.5 Å². The Morgan fingerprint density at radius 1 is 0.411 bits per heavy atom. The molecule has 2 heterocycles. The highest BCUT2D eigenvalue weighted by Crippen LogP contribution is 2.50. The molecule has 2 aliphatic rings. The highest BCUT2D eigenvalue weighted by molar-refractivity contribution is 7.99. The molecule has 7 aromatic carbocycles. The van der Waals surface area contributed by atoms with Crippen molar-refractivity contribution in [2.24, 2.45) is 0 Å². The third-order valence-corrected chi connectivity index (χ3v) is 16.3. The average Bonchev–Trinajstić information content (AvgIpc) is 3.23. The molecule has 0 saturated heterocycles. The van der Waals surface area contributed by atoms with E-state index in [9.17, 15) is 0 Å². The fraction of sp³-hybridized carbons (Fsp3) is 0.370. The van der Waals surface area contributed by atoms with E-state index in [1.54, 1.807) is 11.1 Å². The fourth-order valence-electron chi connectivity index (χ4n) is 10.3. The molecule has 7 aromatic rings. The van der Waals surface area contributed by atoms with Gasteiger partial charge >= 0.3 is 0 Å². The largest absolute Gasteiger partial charge is 0.0892 e. The molecule has 0 radical (unpaired) electrons. The van der Waals surface area contributed by atoms with Gasteiger partial charge in [0.25, 0.3) is 0 Å². The van der Waals surface area contributed by atoms with Gasteiger partial charge in [0.15, 0.2) is 0 Å². The summed E-state index contributed by atoms with van der Waals surface area (Å²) in [6.07, 6.45) is 17.5. The third kappa shape index (κ3) is 6.57. The summed E-state index contributed by atoms with van der Waals surface area (Å²) < 4.78 is 0. The van der Waals surface area contributed by atoms with Gasteiger partial charge in [0.05, 0.1) is 0 Å². The van der Waals surface area contributed by atoms with Gasteiger partial charge in [-0.05, 0) is 201 Å². The predicted octanol–water partition coefficient (Wildman–Crippen LogP) is 16.7. The molecule has 56 heavy (non-hydrogen) atoms. The highest BCUT2D eigenvalue weighted by atomic mass is 32.2. The normalized spacial score (nSPS) is 13.4. The number of hydrogen-bond acceptors (Lipinski definition) is 2. The maximum atomic E-state index is 2.67. The summed E-state index contributed by atoms with van der Waals surface area (Å²) in [5.41, 5.74) is 15.2. The first-order valence-corrected chi connectivity index (χ1v) is 23.4. The Kier molecular flexibility index (Phi) is 10.7. The number of unbranched alkanes of at least 4 members (excludes halogenated alkanes) is 8. The van der Waals surface area contributed by atoms with E-state index in [1.165, 1.54) is 184 Å². The highest BCUT2D eigenvalue weighted by Gasteiger charge is 2.26. The van der Waals surface area contributed by atoms with Crippen LogP contribution in [0.1, 0.15) is 134 Å². The number of aryl methyl sites for hydroxylation is 6. The predicted molar refractivity (Wildman–Crippen MR) is 247 cm³/mol. The standard InChI is InChI=1S/C54H58S2/c1-7-9-11-13-15-23-39-40(24-16-14-12-10-8-2)48-30-42-34(4)46-28-38-22-18-20-26-52(38)56-54(46)36(6)44(42)32-50(48)49-31-43-35(5)53-45(33(3)41(43)29-47(39)49)27-37-21-17-19-25-51(37)55-53/h17-22,25-26,29-32H,7-16,23-24,27-28H2,1-6H3. The monoisotopic (exact) mass is 770 g/mol. The van der Waals surface area contributed by atoms with Crippen molar-refractivity contribution in [3.63, 3.8) is 0 Å².